The summed E-state index contributed by atoms with van der Waals surface area (Å²) in [5.74, 6) is -0.340. The van der Waals surface area contributed by atoms with Crippen LogP contribution in [0.2, 0.25) is 0 Å². The molecule has 0 bridgehead atoms. The Labute approximate surface area is 211 Å². The highest BCUT2D eigenvalue weighted by molar-refractivity contribution is 5.97. The first-order valence-corrected chi connectivity index (χ1v) is 11.1. The number of aromatic nitrogens is 3. The Morgan fingerprint density at radius 2 is 1.97 bits per heavy atom. The third-order valence-electron chi connectivity index (χ3n) is 5.07. The fourth-order valence-electron chi connectivity index (χ4n) is 3.14. The van der Waals surface area contributed by atoms with E-state index in [1.165, 1.54) is 0 Å². The van der Waals surface area contributed by atoms with Gasteiger partial charge >= 0.3 is 6.18 Å². The van der Waals surface area contributed by atoms with Crippen molar-refractivity contribution in [2.45, 2.75) is 26.1 Å². The monoisotopic (exact) mass is 513 g/mol. The van der Waals surface area contributed by atoms with Gasteiger partial charge in [0.2, 0.25) is 11.9 Å². The molecule has 0 spiro atoms. The van der Waals surface area contributed by atoms with Gasteiger partial charge in [-0.05, 0) is 42.5 Å². The molecule has 1 amide bonds. The molecule has 0 aliphatic heterocycles. The highest BCUT2D eigenvalue weighted by Crippen LogP contribution is 2.29. The zero-order chi connectivity index (χ0) is 26.8. The lowest BCUT2D eigenvalue weighted by atomic mass is 10.0. The third-order valence-corrected chi connectivity index (χ3v) is 5.07. The zero-order valence-electron chi connectivity index (χ0n) is 20.3. The number of guanidine groups is 1. The molecule has 0 aliphatic rings. The molecule has 1 aromatic carbocycles. The molecule has 0 unspecified atom stereocenters. The predicted octanol–water partition coefficient (Wildman–Crippen LogP) is 4.65. The van der Waals surface area contributed by atoms with Gasteiger partial charge in [-0.15, -0.1) is 0 Å². The van der Waals surface area contributed by atoms with Gasteiger partial charge in [0.1, 0.15) is 5.82 Å². The molecule has 2 aromatic heterocycles. The molecule has 0 fully saturated rings. The van der Waals surface area contributed by atoms with E-state index >= 15 is 0 Å². The minimum Gasteiger partial charge on any atom is -0.383 e. The Hall–Kier alpha value is -4.32. The summed E-state index contributed by atoms with van der Waals surface area (Å²) in [6.07, 6.45) is 1.54. The van der Waals surface area contributed by atoms with Crippen LogP contribution >= 0.6 is 0 Å². The second-order valence-corrected chi connectivity index (χ2v) is 7.88. The number of hydrogen-bond acceptors (Lipinski definition) is 5. The number of nitrogens with zero attached hydrogens (tertiary/aromatic N) is 5. The summed E-state index contributed by atoms with van der Waals surface area (Å²) in [6, 6.07) is 8.80. The average Bonchev–Trinajstić information content (AvgIpc) is 3.32. The molecule has 3 rings (SSSR count). The van der Waals surface area contributed by atoms with Crippen LogP contribution in [0.25, 0.3) is 5.57 Å². The van der Waals surface area contributed by atoms with E-state index in [-0.39, 0.29) is 12.2 Å². The molecule has 0 atom stereocenters. The molecule has 2 heterocycles. The van der Waals surface area contributed by atoms with Gasteiger partial charge in [-0.1, -0.05) is 24.3 Å². The first-order valence-electron chi connectivity index (χ1n) is 11.1. The van der Waals surface area contributed by atoms with Gasteiger partial charge in [-0.25, -0.2) is 15.0 Å². The fraction of sp³-hybridized carbons (Fsp3) is 0.240. The summed E-state index contributed by atoms with van der Waals surface area (Å²) in [7, 11) is 1.62. The first-order chi connectivity index (χ1) is 17.7. The molecule has 194 valence electrons. The number of nitrogens with one attached hydrogen (secondary N) is 2. The molecule has 0 radical (unpaired) electrons. The quantitative estimate of drug-likeness (QED) is 0.320. The lowest BCUT2D eigenvalue weighted by Crippen LogP contribution is -2.16. The number of methoxy groups -OCH3 is 1. The van der Waals surface area contributed by atoms with Crippen LogP contribution in [0, 0.1) is 0 Å². The number of ether oxygens (including phenoxy) is 1. The Morgan fingerprint density at radius 1 is 1.22 bits per heavy atom. The minimum atomic E-state index is -4.51. The van der Waals surface area contributed by atoms with E-state index in [0.717, 1.165) is 29.5 Å². The second kappa shape index (κ2) is 12.6. The fourth-order valence-corrected chi connectivity index (χ4v) is 3.14. The van der Waals surface area contributed by atoms with Crippen molar-refractivity contribution in [3.05, 3.63) is 77.9 Å². The summed E-state index contributed by atoms with van der Waals surface area (Å²) >= 11 is 0. The van der Waals surface area contributed by atoms with Crippen LogP contribution in [0.15, 0.2) is 71.2 Å². The largest absolute Gasteiger partial charge is 0.416 e. The van der Waals surface area contributed by atoms with Crippen LogP contribution < -0.4 is 10.6 Å². The Morgan fingerprint density at radius 3 is 2.65 bits per heavy atom. The number of aliphatic imine (C=N–C) groups is 2. The van der Waals surface area contributed by atoms with E-state index in [4.69, 9.17) is 4.74 Å². The second-order valence-electron chi connectivity index (χ2n) is 7.88. The van der Waals surface area contributed by atoms with Crippen molar-refractivity contribution in [3.8, 4) is 0 Å². The Bertz CT molecular complexity index is 1280. The summed E-state index contributed by atoms with van der Waals surface area (Å²) in [4.78, 5) is 24.3. The number of halogens is 3. The van der Waals surface area contributed by atoms with E-state index in [2.05, 4.69) is 37.4 Å². The molecular weight excluding hydrogens is 487 g/mol. The van der Waals surface area contributed by atoms with Crippen molar-refractivity contribution in [2.24, 2.45) is 9.98 Å². The number of anilines is 2. The smallest absolute Gasteiger partial charge is 0.383 e. The lowest BCUT2D eigenvalue weighted by molar-refractivity contribution is -0.137. The van der Waals surface area contributed by atoms with Gasteiger partial charge < -0.3 is 15.4 Å². The minimum absolute atomic E-state index is 0.0222. The van der Waals surface area contributed by atoms with Crippen LogP contribution in [0.3, 0.4) is 0 Å². The van der Waals surface area contributed by atoms with E-state index in [0.29, 0.717) is 30.4 Å². The Balaban J connectivity index is 1.59. The Kier molecular flexibility index (Phi) is 9.27. The maximum atomic E-state index is 12.8. The highest BCUT2D eigenvalue weighted by Gasteiger charge is 2.30. The lowest BCUT2D eigenvalue weighted by Gasteiger charge is -2.09. The number of rotatable bonds is 9. The average molecular weight is 514 g/mol. The number of amides is 1. The summed E-state index contributed by atoms with van der Waals surface area (Å²) in [5, 5.41) is 9.64. The van der Waals surface area contributed by atoms with Gasteiger partial charge in [0.15, 0.2) is 0 Å². The van der Waals surface area contributed by atoms with Crippen LogP contribution in [0.5, 0.6) is 0 Å². The van der Waals surface area contributed by atoms with Crippen molar-refractivity contribution >= 4 is 35.7 Å². The van der Waals surface area contributed by atoms with Crippen molar-refractivity contribution in [1.29, 1.82) is 0 Å². The number of allylic oxidation sites excluding steroid dienone is 1. The number of carbonyl (C=O) groups is 1. The molecule has 0 aliphatic carbocycles. The van der Waals surface area contributed by atoms with E-state index < -0.39 is 17.6 Å². The van der Waals surface area contributed by atoms with Crippen molar-refractivity contribution < 1.29 is 22.7 Å². The molecule has 12 heteroatoms. The van der Waals surface area contributed by atoms with Crippen LogP contribution in [0.4, 0.5) is 24.7 Å². The van der Waals surface area contributed by atoms with Crippen molar-refractivity contribution in [1.82, 2.24) is 14.8 Å². The topological polar surface area (TPSA) is 106 Å². The molecule has 9 nitrogen and oxygen atoms in total. The molecule has 0 saturated heterocycles. The van der Waals surface area contributed by atoms with Gasteiger partial charge in [0, 0.05) is 25.7 Å². The highest BCUT2D eigenvalue weighted by atomic mass is 19.4. The van der Waals surface area contributed by atoms with E-state index in [9.17, 15) is 18.0 Å². The first kappa shape index (κ1) is 27.3. The summed E-state index contributed by atoms with van der Waals surface area (Å²) in [6.45, 7) is 6.56. The number of alkyl halides is 3. The molecular formula is C25H26F3N7O2. The maximum Gasteiger partial charge on any atom is 0.416 e. The van der Waals surface area contributed by atoms with Gasteiger partial charge in [0.05, 0.1) is 37.0 Å². The SMILES string of the molecule is C=N/C(=N\C=C(/C)c1ccc(CC(=O)Nc2cc(C(F)(F)F)ccn2)cc1)Nc1cnn(CCOC)c1. The number of carbonyl (C=O) groups excluding carboxylic acids is 1. The number of benzene rings is 1. The van der Waals surface area contributed by atoms with Gasteiger partial charge in [-0.2, -0.15) is 18.3 Å². The summed E-state index contributed by atoms with van der Waals surface area (Å²) < 4.78 is 45.3. The van der Waals surface area contributed by atoms with Gasteiger partial charge in [-0.3, -0.25) is 9.48 Å². The van der Waals surface area contributed by atoms with Crippen molar-refractivity contribution in [2.75, 3.05) is 24.4 Å². The van der Waals surface area contributed by atoms with Gasteiger partial charge in [0.25, 0.3) is 0 Å². The molecule has 37 heavy (non-hydrogen) atoms. The predicted molar refractivity (Wildman–Crippen MR) is 136 cm³/mol. The normalized spacial score (nSPS) is 12.4. The van der Waals surface area contributed by atoms with Crippen LogP contribution in [-0.4, -0.2) is 47.1 Å². The van der Waals surface area contributed by atoms with E-state index in [1.807, 2.05) is 19.1 Å². The maximum absolute atomic E-state index is 12.8. The number of hydrogen-bond donors (Lipinski definition) is 2. The van der Waals surface area contributed by atoms with Crippen molar-refractivity contribution in [3.63, 3.8) is 0 Å². The van der Waals surface area contributed by atoms with Crippen LogP contribution in [0.1, 0.15) is 23.6 Å². The number of pyridine rings is 1. The molecule has 2 N–H and O–H groups in total. The molecule has 0 saturated carbocycles. The summed E-state index contributed by atoms with van der Waals surface area (Å²) in [5.41, 5.74) is 2.21. The standard InChI is InChI=1S/C25H26F3N7O2/c1-17(14-31-24(29-2)33-21-15-32-35(16-21)10-11-37-3)19-6-4-18(5-7-19)12-23(36)34-22-13-20(8-9-30-22)25(26,27)28/h4-9,13-16H,2,10-12H2,1,3H3,(H,31,33)(H,30,34,36)/b17-14+. The zero-order valence-corrected chi connectivity index (χ0v) is 20.3. The third kappa shape index (κ3) is 8.39. The molecule has 3 aromatic rings. The van der Waals surface area contributed by atoms with E-state index in [1.54, 1.807) is 42.5 Å². The van der Waals surface area contributed by atoms with Crippen LogP contribution in [-0.2, 0) is 28.7 Å².